The Kier molecular flexibility index (Phi) is 6.75. The van der Waals surface area contributed by atoms with Gasteiger partial charge in [-0.05, 0) is 56.9 Å². The molecule has 6 aromatic rings. The Labute approximate surface area is 256 Å². The van der Waals surface area contributed by atoms with Crippen molar-refractivity contribution in [1.82, 2.24) is 20.2 Å². The molecule has 1 aliphatic heterocycles. The van der Waals surface area contributed by atoms with Crippen molar-refractivity contribution in [2.45, 2.75) is 10.9 Å². The molecule has 0 N–H and O–H groups in total. The summed E-state index contributed by atoms with van der Waals surface area (Å²) in [5.41, 5.74) is 4.48. The van der Waals surface area contributed by atoms with Crippen LogP contribution in [0, 0.1) is 0 Å². The zero-order valence-corrected chi connectivity index (χ0v) is 24.4. The largest absolute Gasteiger partial charge is 0.268 e. The van der Waals surface area contributed by atoms with Crippen LogP contribution in [0.3, 0.4) is 0 Å². The summed E-state index contributed by atoms with van der Waals surface area (Å²) in [5.74, 6) is -0.354. The Morgan fingerprint density at radius 3 is 1.72 bits per heavy atom. The predicted molar refractivity (Wildman–Crippen MR) is 168 cm³/mol. The van der Waals surface area contributed by atoms with Gasteiger partial charge in [-0.25, -0.2) is 9.58 Å². The van der Waals surface area contributed by atoms with E-state index in [1.165, 1.54) is 4.90 Å². The molecule has 2 heterocycles. The smallest absolute Gasteiger partial charge is 0.266 e. The number of rotatable bonds is 7. The van der Waals surface area contributed by atoms with Gasteiger partial charge in [0.2, 0.25) is 0 Å². The summed E-state index contributed by atoms with van der Waals surface area (Å²) in [5, 5.41) is 13.9. The third kappa shape index (κ3) is 4.21. The monoisotopic (exact) mass is 625 g/mol. The number of benzene rings is 5. The lowest BCUT2D eigenvalue weighted by Gasteiger charge is -2.36. The number of amides is 2. The number of hydrogen-bond donors (Lipinski definition) is 0. The number of tetrazole rings is 1. The fourth-order valence-electron chi connectivity index (χ4n) is 5.93. The van der Waals surface area contributed by atoms with Gasteiger partial charge in [-0.2, -0.15) is 0 Å². The number of aromatic nitrogens is 4. The molecule has 208 valence electrons. The maximum Gasteiger partial charge on any atom is 0.266 e. The Morgan fingerprint density at radius 1 is 0.605 bits per heavy atom. The van der Waals surface area contributed by atoms with E-state index in [1.807, 2.05) is 72.8 Å². The van der Waals surface area contributed by atoms with Gasteiger partial charge in [-0.15, -0.1) is 5.10 Å². The zero-order chi connectivity index (χ0) is 29.4. The van der Waals surface area contributed by atoms with Crippen molar-refractivity contribution in [2.75, 3.05) is 4.90 Å². The van der Waals surface area contributed by atoms with Crippen LogP contribution in [0.4, 0.5) is 5.69 Å². The number of hydrogen-bond acceptors (Lipinski definition) is 5. The van der Waals surface area contributed by atoms with Gasteiger partial charge in [-0.3, -0.25) is 9.59 Å². The van der Waals surface area contributed by atoms with E-state index in [9.17, 15) is 9.59 Å². The second-order valence-electron chi connectivity index (χ2n) is 10.2. The van der Waals surface area contributed by atoms with Crippen molar-refractivity contribution in [3.05, 3.63) is 167 Å². The first-order valence-corrected chi connectivity index (χ1v) is 14.9. The van der Waals surface area contributed by atoms with Gasteiger partial charge in [0.25, 0.3) is 11.8 Å². The molecule has 0 unspecified atom stereocenters. The minimum Gasteiger partial charge on any atom is -0.268 e. The minimum atomic E-state index is -0.984. The van der Waals surface area contributed by atoms with Crippen LogP contribution in [0.15, 0.2) is 133 Å². The molecule has 0 aliphatic carbocycles. The first-order chi connectivity index (χ1) is 21.1. The van der Waals surface area contributed by atoms with Crippen LogP contribution in [0.5, 0.6) is 0 Å². The molecule has 0 saturated heterocycles. The van der Waals surface area contributed by atoms with E-state index in [-0.39, 0.29) is 11.8 Å². The highest BCUT2D eigenvalue weighted by molar-refractivity contribution is 9.08. The summed E-state index contributed by atoms with van der Waals surface area (Å²) in [4.78, 5) is 28.7. The van der Waals surface area contributed by atoms with E-state index in [2.05, 4.69) is 67.9 Å². The van der Waals surface area contributed by atoms with Crippen LogP contribution in [-0.4, -0.2) is 32.0 Å². The molecule has 0 saturated carbocycles. The molecule has 5 aromatic carbocycles. The van der Waals surface area contributed by atoms with Crippen molar-refractivity contribution < 1.29 is 9.59 Å². The Morgan fingerprint density at radius 2 is 1.14 bits per heavy atom. The number of carbonyl (C=O) groups excluding carboxylic acids is 2. The number of nitrogens with zero attached hydrogens (tertiary/aromatic N) is 5. The summed E-state index contributed by atoms with van der Waals surface area (Å²) >= 11 is 3.45. The van der Waals surface area contributed by atoms with Gasteiger partial charge in [-0.1, -0.05) is 125 Å². The number of imide groups is 1. The lowest BCUT2D eigenvalue weighted by Crippen LogP contribution is -2.39. The number of halogens is 1. The van der Waals surface area contributed by atoms with Crippen LogP contribution in [0.2, 0.25) is 0 Å². The highest BCUT2D eigenvalue weighted by atomic mass is 79.9. The molecule has 2 amide bonds. The van der Waals surface area contributed by atoms with E-state index in [1.54, 1.807) is 28.9 Å². The Hall–Kier alpha value is -5.21. The number of fused-ring (bicyclic) bond motifs is 1. The molecular formula is C35H24BrN5O2. The fraction of sp³-hybridized carbons (Fsp3) is 0.0571. The molecule has 1 aliphatic rings. The number of carbonyl (C=O) groups is 2. The van der Waals surface area contributed by atoms with Gasteiger partial charge in [0.15, 0.2) is 5.82 Å². The van der Waals surface area contributed by atoms with Crippen molar-refractivity contribution in [3.63, 3.8) is 0 Å². The normalized spacial score (nSPS) is 12.9. The topological polar surface area (TPSA) is 81.0 Å². The van der Waals surface area contributed by atoms with Crippen LogP contribution in [-0.2, 0) is 10.9 Å². The summed E-state index contributed by atoms with van der Waals surface area (Å²) in [6.45, 7) is 0. The van der Waals surface area contributed by atoms with Gasteiger partial charge < -0.3 is 0 Å². The van der Waals surface area contributed by atoms with Crippen molar-refractivity contribution in [3.8, 4) is 11.4 Å². The molecule has 0 bridgehead atoms. The summed E-state index contributed by atoms with van der Waals surface area (Å²) < 4.78 is 1.80. The van der Waals surface area contributed by atoms with Crippen molar-refractivity contribution in [1.29, 1.82) is 0 Å². The quantitative estimate of drug-likeness (QED) is 0.110. The Balaban J connectivity index is 1.48. The first-order valence-electron chi connectivity index (χ1n) is 13.8. The zero-order valence-electron chi connectivity index (χ0n) is 22.8. The fourth-order valence-corrected chi connectivity index (χ4v) is 6.28. The second kappa shape index (κ2) is 10.9. The average Bonchev–Trinajstić information content (AvgIpc) is 3.65. The van der Waals surface area contributed by atoms with E-state index in [0.717, 1.165) is 22.3 Å². The lowest BCUT2D eigenvalue weighted by molar-refractivity contribution is 0.0926. The predicted octanol–water partition coefficient (Wildman–Crippen LogP) is 6.88. The molecular weight excluding hydrogens is 602 g/mol. The first kappa shape index (κ1) is 26.7. The van der Waals surface area contributed by atoms with Crippen LogP contribution < -0.4 is 4.90 Å². The molecule has 7 nitrogen and oxygen atoms in total. The number of alkyl halides is 1. The highest BCUT2D eigenvalue weighted by Crippen LogP contribution is 2.44. The lowest BCUT2D eigenvalue weighted by atomic mass is 9.77. The molecule has 0 atom stereocenters. The maximum absolute atomic E-state index is 13.8. The standard InChI is InChI=1S/C35H24BrN5O2/c36-23-24-20-21-28-30(22-24)34(43)40(33(28)42)31-19-11-10-18-29(31)32-37-38-39-41(32)35(25-12-4-1-5-13-25,26-14-6-2-7-15-26)27-16-8-3-9-17-27/h1-22H,23H2. The molecule has 43 heavy (non-hydrogen) atoms. The summed E-state index contributed by atoms with van der Waals surface area (Å²) in [6, 6.07) is 42.8. The molecule has 0 radical (unpaired) electrons. The SMILES string of the molecule is O=C1c2ccc(CBr)cc2C(=O)N1c1ccccc1-c1nnnn1C(c1ccccc1)(c1ccccc1)c1ccccc1. The number of para-hydroxylation sites is 1. The van der Waals surface area contributed by atoms with E-state index in [4.69, 9.17) is 0 Å². The third-order valence-corrected chi connectivity index (χ3v) is 8.50. The van der Waals surface area contributed by atoms with E-state index in [0.29, 0.717) is 33.5 Å². The third-order valence-electron chi connectivity index (χ3n) is 7.85. The number of anilines is 1. The van der Waals surface area contributed by atoms with E-state index >= 15 is 0 Å². The summed E-state index contributed by atoms with van der Waals surface area (Å²) in [6.07, 6.45) is 0. The Bertz CT molecular complexity index is 1860. The van der Waals surface area contributed by atoms with Crippen LogP contribution in [0.25, 0.3) is 11.4 Å². The molecule has 8 heteroatoms. The second-order valence-corrected chi connectivity index (χ2v) is 10.8. The van der Waals surface area contributed by atoms with Crippen molar-refractivity contribution >= 4 is 33.4 Å². The van der Waals surface area contributed by atoms with Gasteiger partial charge in [0.05, 0.1) is 16.8 Å². The van der Waals surface area contributed by atoms with Gasteiger partial charge in [0, 0.05) is 10.9 Å². The van der Waals surface area contributed by atoms with Crippen LogP contribution >= 0.6 is 15.9 Å². The van der Waals surface area contributed by atoms with Crippen molar-refractivity contribution in [2.24, 2.45) is 0 Å². The summed E-state index contributed by atoms with van der Waals surface area (Å²) in [7, 11) is 0. The molecule has 0 spiro atoms. The molecule has 0 fully saturated rings. The maximum atomic E-state index is 13.8. The van der Waals surface area contributed by atoms with Crippen LogP contribution in [0.1, 0.15) is 43.0 Å². The molecule has 7 rings (SSSR count). The average molecular weight is 627 g/mol. The van der Waals surface area contributed by atoms with Gasteiger partial charge in [0.1, 0.15) is 5.54 Å². The highest BCUT2D eigenvalue weighted by Gasteiger charge is 2.43. The van der Waals surface area contributed by atoms with Gasteiger partial charge >= 0.3 is 0 Å². The molecule has 1 aromatic heterocycles. The minimum absolute atomic E-state index is 0.372. The van der Waals surface area contributed by atoms with E-state index < -0.39 is 5.54 Å².